The van der Waals surface area contributed by atoms with E-state index in [1.165, 1.54) is 0 Å². The first-order valence-electron chi connectivity index (χ1n) is 3.84. The average Bonchev–Trinajstić information content (AvgIpc) is 1.79. The molecule has 1 N–H and O–H groups in total. The van der Waals surface area contributed by atoms with Gasteiger partial charge in [0.15, 0.2) is 0 Å². The van der Waals surface area contributed by atoms with Gasteiger partial charge in [-0.3, -0.25) is 0 Å². The summed E-state index contributed by atoms with van der Waals surface area (Å²) in [5, 5.41) is 9.51. The van der Waals surface area contributed by atoms with E-state index in [0.717, 1.165) is 19.3 Å². The number of hydrogen-bond donors (Lipinski definition) is 1. The summed E-state index contributed by atoms with van der Waals surface area (Å²) in [6.45, 7) is 1.57. The molecular formula is C8H14O2. The number of Topliss-reactive ketones (excluding diaryl/α,β-unsaturated/α-hetero) is 1. The lowest BCUT2D eigenvalue weighted by Crippen LogP contribution is -2.36. The molecule has 0 heterocycles. The Labute approximate surface area is 61.2 Å². The van der Waals surface area contributed by atoms with Gasteiger partial charge in [-0.05, 0) is 32.6 Å². The third-order valence-corrected chi connectivity index (χ3v) is 2.23. The molecule has 2 heteroatoms. The van der Waals surface area contributed by atoms with Crippen molar-refractivity contribution in [2.24, 2.45) is 0 Å². The molecule has 1 aliphatic rings. The molecule has 1 saturated carbocycles. The van der Waals surface area contributed by atoms with Crippen LogP contribution in [0.5, 0.6) is 0 Å². The molecule has 10 heavy (non-hydrogen) atoms. The maximum atomic E-state index is 10.5. The molecule has 0 bridgehead atoms. The molecule has 0 aliphatic heterocycles. The van der Waals surface area contributed by atoms with Gasteiger partial charge in [0.25, 0.3) is 0 Å². The van der Waals surface area contributed by atoms with Crippen molar-refractivity contribution in [2.75, 3.05) is 0 Å². The molecule has 58 valence electrons. The van der Waals surface area contributed by atoms with E-state index in [4.69, 9.17) is 0 Å². The van der Waals surface area contributed by atoms with Gasteiger partial charge in [-0.25, -0.2) is 0 Å². The fourth-order valence-corrected chi connectivity index (χ4v) is 1.24. The van der Waals surface area contributed by atoms with Gasteiger partial charge in [-0.15, -0.1) is 0 Å². The second-order valence-corrected chi connectivity index (χ2v) is 3.28. The van der Waals surface area contributed by atoms with Gasteiger partial charge in [-0.2, -0.15) is 0 Å². The number of hydrogen-bond acceptors (Lipinski definition) is 2. The minimum absolute atomic E-state index is 0.181. The van der Waals surface area contributed by atoms with E-state index in [1.807, 2.05) is 0 Å². The third kappa shape index (κ3) is 1.81. The van der Waals surface area contributed by atoms with E-state index in [-0.39, 0.29) is 5.78 Å². The Balaban J connectivity index is 2.18. The molecule has 1 rings (SSSR count). The summed E-state index contributed by atoms with van der Waals surface area (Å²) in [4.78, 5) is 10.5. The first-order chi connectivity index (χ1) is 4.62. The Bertz CT molecular complexity index is 136. The summed E-state index contributed by atoms with van der Waals surface area (Å²) in [7, 11) is 0. The van der Waals surface area contributed by atoms with Gasteiger partial charge in [-0.1, -0.05) is 0 Å². The van der Waals surface area contributed by atoms with Gasteiger partial charge >= 0.3 is 0 Å². The molecular weight excluding hydrogens is 128 g/mol. The fraction of sp³-hybridized carbons (Fsp3) is 0.875. The Morgan fingerprint density at radius 2 is 2.20 bits per heavy atom. The standard InChI is InChI=1S/C8H14O2/c1-7(9)3-6-8(10)4-2-5-8/h10H,2-6H2,1H3. The first-order valence-corrected chi connectivity index (χ1v) is 3.84. The smallest absolute Gasteiger partial charge is 0.129 e. The van der Waals surface area contributed by atoms with E-state index in [1.54, 1.807) is 6.92 Å². The SMILES string of the molecule is CC(=O)CCC1(O)CCC1. The van der Waals surface area contributed by atoms with Crippen LogP contribution in [0.15, 0.2) is 0 Å². The minimum atomic E-state index is -0.467. The summed E-state index contributed by atoms with van der Waals surface area (Å²) in [6, 6.07) is 0. The summed E-state index contributed by atoms with van der Waals surface area (Å²) in [5.74, 6) is 0.181. The van der Waals surface area contributed by atoms with Crippen LogP contribution in [-0.4, -0.2) is 16.5 Å². The van der Waals surface area contributed by atoms with Crippen molar-refractivity contribution in [1.82, 2.24) is 0 Å². The lowest BCUT2D eigenvalue weighted by atomic mass is 9.77. The van der Waals surface area contributed by atoms with E-state index >= 15 is 0 Å². The normalized spacial score (nSPS) is 21.8. The van der Waals surface area contributed by atoms with Crippen LogP contribution < -0.4 is 0 Å². The molecule has 0 saturated heterocycles. The zero-order chi connectivity index (χ0) is 7.61. The van der Waals surface area contributed by atoms with Crippen LogP contribution in [0.2, 0.25) is 0 Å². The van der Waals surface area contributed by atoms with Crippen molar-refractivity contribution in [2.45, 2.75) is 44.6 Å². The molecule has 1 fully saturated rings. The van der Waals surface area contributed by atoms with Gasteiger partial charge in [0.2, 0.25) is 0 Å². The van der Waals surface area contributed by atoms with Crippen LogP contribution >= 0.6 is 0 Å². The maximum Gasteiger partial charge on any atom is 0.129 e. The van der Waals surface area contributed by atoms with E-state index < -0.39 is 5.60 Å². The second-order valence-electron chi connectivity index (χ2n) is 3.28. The Morgan fingerprint density at radius 1 is 1.60 bits per heavy atom. The predicted molar refractivity (Wildman–Crippen MR) is 38.7 cm³/mol. The molecule has 0 aromatic rings. The first kappa shape index (κ1) is 7.73. The van der Waals surface area contributed by atoms with Crippen LogP contribution in [-0.2, 0) is 4.79 Å². The van der Waals surface area contributed by atoms with Crippen LogP contribution in [0.1, 0.15) is 39.0 Å². The Kier molecular flexibility index (Phi) is 2.09. The quantitative estimate of drug-likeness (QED) is 0.644. The van der Waals surface area contributed by atoms with E-state index in [2.05, 4.69) is 0 Å². The third-order valence-electron chi connectivity index (χ3n) is 2.23. The van der Waals surface area contributed by atoms with Gasteiger partial charge in [0.05, 0.1) is 5.60 Å². The zero-order valence-corrected chi connectivity index (χ0v) is 6.39. The Hall–Kier alpha value is -0.370. The van der Waals surface area contributed by atoms with E-state index in [0.29, 0.717) is 12.8 Å². The lowest BCUT2D eigenvalue weighted by molar-refractivity contribution is -0.119. The minimum Gasteiger partial charge on any atom is -0.390 e. The summed E-state index contributed by atoms with van der Waals surface area (Å²) >= 11 is 0. The molecule has 1 aliphatic carbocycles. The van der Waals surface area contributed by atoms with Crippen LogP contribution in [0.25, 0.3) is 0 Å². The second kappa shape index (κ2) is 2.70. The van der Waals surface area contributed by atoms with Crippen molar-refractivity contribution in [3.05, 3.63) is 0 Å². The highest BCUT2D eigenvalue weighted by Crippen LogP contribution is 2.35. The van der Waals surface area contributed by atoms with Gasteiger partial charge < -0.3 is 9.90 Å². The van der Waals surface area contributed by atoms with Crippen molar-refractivity contribution < 1.29 is 9.90 Å². The molecule has 0 aromatic heterocycles. The van der Waals surface area contributed by atoms with Gasteiger partial charge in [0.1, 0.15) is 5.78 Å². The summed E-state index contributed by atoms with van der Waals surface area (Å²) < 4.78 is 0. The van der Waals surface area contributed by atoms with Crippen LogP contribution in [0, 0.1) is 0 Å². The highest BCUT2D eigenvalue weighted by atomic mass is 16.3. The van der Waals surface area contributed by atoms with Crippen molar-refractivity contribution in [3.63, 3.8) is 0 Å². The van der Waals surface area contributed by atoms with E-state index in [9.17, 15) is 9.90 Å². The number of aliphatic hydroxyl groups is 1. The molecule has 0 amide bonds. The highest BCUT2D eigenvalue weighted by molar-refractivity contribution is 5.75. The molecule has 2 nitrogen and oxygen atoms in total. The maximum absolute atomic E-state index is 10.5. The van der Waals surface area contributed by atoms with Crippen molar-refractivity contribution in [3.8, 4) is 0 Å². The predicted octanol–water partition coefficient (Wildman–Crippen LogP) is 1.27. The summed E-state index contributed by atoms with van der Waals surface area (Å²) in [5.41, 5.74) is -0.467. The average molecular weight is 142 g/mol. The zero-order valence-electron chi connectivity index (χ0n) is 6.39. The van der Waals surface area contributed by atoms with Crippen molar-refractivity contribution in [1.29, 1.82) is 0 Å². The molecule has 0 unspecified atom stereocenters. The number of carbonyl (C=O) groups is 1. The molecule has 0 atom stereocenters. The molecule has 0 spiro atoms. The largest absolute Gasteiger partial charge is 0.390 e. The summed E-state index contributed by atoms with van der Waals surface area (Å²) in [6.07, 6.45) is 4.10. The number of rotatable bonds is 3. The molecule has 0 radical (unpaired) electrons. The van der Waals surface area contributed by atoms with Gasteiger partial charge in [0, 0.05) is 6.42 Å². The fourth-order valence-electron chi connectivity index (χ4n) is 1.24. The highest BCUT2D eigenvalue weighted by Gasteiger charge is 2.33. The monoisotopic (exact) mass is 142 g/mol. The number of carbonyl (C=O) groups excluding carboxylic acids is 1. The molecule has 0 aromatic carbocycles. The Morgan fingerprint density at radius 3 is 2.50 bits per heavy atom. The van der Waals surface area contributed by atoms with Crippen LogP contribution in [0.4, 0.5) is 0 Å². The van der Waals surface area contributed by atoms with Crippen molar-refractivity contribution >= 4 is 5.78 Å². The van der Waals surface area contributed by atoms with Crippen LogP contribution in [0.3, 0.4) is 0 Å². The lowest BCUT2D eigenvalue weighted by Gasteiger charge is -2.36. The number of ketones is 1. The topological polar surface area (TPSA) is 37.3 Å².